The first-order valence-electron chi connectivity index (χ1n) is 9.54. The van der Waals surface area contributed by atoms with Gasteiger partial charge in [-0.15, -0.1) is 0 Å². The van der Waals surface area contributed by atoms with Crippen LogP contribution in [-0.4, -0.2) is 84.7 Å². The number of benzene rings is 1. The van der Waals surface area contributed by atoms with E-state index in [1.165, 1.54) is 6.92 Å². The van der Waals surface area contributed by atoms with E-state index in [2.05, 4.69) is 4.90 Å². The molecule has 0 aliphatic carbocycles. The third kappa shape index (κ3) is 5.29. The Morgan fingerprint density at radius 1 is 0.852 bits per heavy atom. The predicted octanol–water partition coefficient (Wildman–Crippen LogP) is 1.03. The zero-order valence-electron chi connectivity index (χ0n) is 15.9. The lowest BCUT2D eigenvalue weighted by Gasteiger charge is -2.35. The number of piperazine rings is 1. The number of hydrogen-bond donors (Lipinski definition) is 0. The molecule has 2 aliphatic heterocycles. The first-order valence-corrected chi connectivity index (χ1v) is 9.54. The molecule has 3 rings (SSSR count). The van der Waals surface area contributed by atoms with Crippen molar-refractivity contribution in [2.75, 3.05) is 52.4 Å². The van der Waals surface area contributed by atoms with Crippen LogP contribution in [0.1, 0.15) is 30.1 Å². The summed E-state index contributed by atoms with van der Waals surface area (Å²) in [5, 5.41) is 0. The van der Waals surface area contributed by atoms with Crippen LogP contribution in [0.5, 0.6) is 5.75 Å². The first-order chi connectivity index (χ1) is 13.0. The smallest absolute Gasteiger partial charge is 0.260 e. The van der Waals surface area contributed by atoms with Crippen LogP contribution in [0.2, 0.25) is 0 Å². The lowest BCUT2D eigenvalue weighted by atomic mass is 10.1. The fourth-order valence-electron chi connectivity index (χ4n) is 3.44. The lowest BCUT2D eigenvalue weighted by molar-refractivity contribution is -0.136. The number of carbonyl (C=O) groups excluding carboxylic acids is 3. The van der Waals surface area contributed by atoms with Crippen molar-refractivity contribution >= 4 is 17.6 Å². The summed E-state index contributed by atoms with van der Waals surface area (Å²) < 4.78 is 5.54. The Labute approximate surface area is 159 Å². The maximum atomic E-state index is 12.3. The second-order valence-corrected chi connectivity index (χ2v) is 7.11. The molecule has 2 fully saturated rings. The predicted molar refractivity (Wildman–Crippen MR) is 101 cm³/mol. The quantitative estimate of drug-likeness (QED) is 0.697. The van der Waals surface area contributed by atoms with Crippen molar-refractivity contribution < 1.29 is 19.1 Å². The van der Waals surface area contributed by atoms with Gasteiger partial charge in [0.15, 0.2) is 12.4 Å². The van der Waals surface area contributed by atoms with Crippen LogP contribution in [0.4, 0.5) is 0 Å². The number of Topliss-reactive ketones (excluding diaryl/α,β-unsaturated/α-hetero) is 1. The molecule has 0 aromatic heterocycles. The van der Waals surface area contributed by atoms with Crippen LogP contribution in [0.3, 0.4) is 0 Å². The Kier molecular flexibility index (Phi) is 6.45. The van der Waals surface area contributed by atoms with Gasteiger partial charge < -0.3 is 14.5 Å². The van der Waals surface area contributed by atoms with Gasteiger partial charge in [0.05, 0.1) is 6.54 Å². The second-order valence-electron chi connectivity index (χ2n) is 7.11. The molecule has 0 radical (unpaired) electrons. The summed E-state index contributed by atoms with van der Waals surface area (Å²) in [6, 6.07) is 6.79. The van der Waals surface area contributed by atoms with Crippen molar-refractivity contribution in [2.24, 2.45) is 0 Å². The number of rotatable bonds is 6. The van der Waals surface area contributed by atoms with Crippen LogP contribution in [-0.2, 0) is 9.59 Å². The molecule has 0 spiro atoms. The maximum Gasteiger partial charge on any atom is 0.260 e. The van der Waals surface area contributed by atoms with E-state index >= 15 is 0 Å². The monoisotopic (exact) mass is 373 g/mol. The van der Waals surface area contributed by atoms with Gasteiger partial charge in [0.2, 0.25) is 5.91 Å². The van der Waals surface area contributed by atoms with Gasteiger partial charge in [-0.05, 0) is 44.0 Å². The van der Waals surface area contributed by atoms with E-state index in [4.69, 9.17) is 4.74 Å². The molecular formula is C20H27N3O4. The normalized spacial score (nSPS) is 17.8. The fourth-order valence-corrected chi connectivity index (χ4v) is 3.44. The third-order valence-corrected chi connectivity index (χ3v) is 5.17. The summed E-state index contributed by atoms with van der Waals surface area (Å²) in [7, 11) is 0. The van der Waals surface area contributed by atoms with Crippen LogP contribution >= 0.6 is 0 Å². The van der Waals surface area contributed by atoms with Crippen LogP contribution in [0.25, 0.3) is 0 Å². The van der Waals surface area contributed by atoms with Gasteiger partial charge in [0.25, 0.3) is 5.91 Å². The van der Waals surface area contributed by atoms with Gasteiger partial charge in [-0.1, -0.05) is 0 Å². The molecule has 27 heavy (non-hydrogen) atoms. The minimum absolute atomic E-state index is 0.00119. The average molecular weight is 373 g/mol. The van der Waals surface area contributed by atoms with E-state index < -0.39 is 0 Å². The highest BCUT2D eigenvalue weighted by atomic mass is 16.5. The molecule has 1 aromatic carbocycles. The minimum atomic E-state index is -0.0591. The van der Waals surface area contributed by atoms with E-state index in [9.17, 15) is 14.4 Å². The zero-order valence-corrected chi connectivity index (χ0v) is 15.9. The van der Waals surface area contributed by atoms with Crippen molar-refractivity contribution in [3.8, 4) is 5.75 Å². The Morgan fingerprint density at radius 3 is 2.04 bits per heavy atom. The molecular weight excluding hydrogens is 346 g/mol. The van der Waals surface area contributed by atoms with Crippen molar-refractivity contribution in [1.29, 1.82) is 0 Å². The molecule has 7 heteroatoms. The SMILES string of the molecule is CC(=O)c1ccc(OCC(=O)N2CCN(CC(=O)N3CCCC3)CC2)cc1. The number of likely N-dealkylation sites (tertiary alicyclic amines) is 1. The van der Waals surface area contributed by atoms with Crippen molar-refractivity contribution in [1.82, 2.24) is 14.7 Å². The van der Waals surface area contributed by atoms with E-state index in [1.807, 2.05) is 4.90 Å². The van der Waals surface area contributed by atoms with Crippen molar-refractivity contribution in [3.05, 3.63) is 29.8 Å². The molecule has 0 atom stereocenters. The topological polar surface area (TPSA) is 70.2 Å². The number of carbonyl (C=O) groups is 3. The highest BCUT2D eigenvalue weighted by Gasteiger charge is 2.25. The summed E-state index contributed by atoms with van der Waals surface area (Å²) in [4.78, 5) is 41.7. The van der Waals surface area contributed by atoms with Gasteiger partial charge in [-0.3, -0.25) is 19.3 Å². The summed E-state index contributed by atoms with van der Waals surface area (Å²) in [6.45, 7) is 6.32. The van der Waals surface area contributed by atoms with E-state index in [-0.39, 0.29) is 24.2 Å². The second kappa shape index (κ2) is 8.99. The number of hydrogen-bond acceptors (Lipinski definition) is 5. The molecule has 1 aromatic rings. The van der Waals surface area contributed by atoms with Gasteiger partial charge in [0, 0.05) is 44.8 Å². The highest BCUT2D eigenvalue weighted by Crippen LogP contribution is 2.13. The van der Waals surface area contributed by atoms with Gasteiger partial charge in [0.1, 0.15) is 5.75 Å². The molecule has 7 nitrogen and oxygen atoms in total. The molecule has 0 N–H and O–H groups in total. The molecule has 2 aliphatic rings. The lowest BCUT2D eigenvalue weighted by Crippen LogP contribution is -2.52. The van der Waals surface area contributed by atoms with Crippen molar-refractivity contribution in [2.45, 2.75) is 19.8 Å². The Bertz CT molecular complexity index is 675. The molecule has 2 saturated heterocycles. The van der Waals surface area contributed by atoms with Gasteiger partial charge >= 0.3 is 0 Å². The summed E-state index contributed by atoms with van der Waals surface area (Å²) in [5.41, 5.74) is 0.619. The number of nitrogens with zero attached hydrogens (tertiary/aromatic N) is 3. The third-order valence-electron chi connectivity index (χ3n) is 5.17. The van der Waals surface area contributed by atoms with Crippen molar-refractivity contribution in [3.63, 3.8) is 0 Å². The van der Waals surface area contributed by atoms with Gasteiger partial charge in [-0.2, -0.15) is 0 Å². The summed E-state index contributed by atoms with van der Waals surface area (Å²) in [6.07, 6.45) is 2.21. The number of ether oxygens (including phenoxy) is 1. The van der Waals surface area contributed by atoms with Crippen LogP contribution in [0.15, 0.2) is 24.3 Å². The molecule has 0 saturated carbocycles. The molecule has 0 bridgehead atoms. The number of amides is 2. The van der Waals surface area contributed by atoms with E-state index in [0.717, 1.165) is 25.9 Å². The molecule has 0 unspecified atom stereocenters. The highest BCUT2D eigenvalue weighted by molar-refractivity contribution is 5.94. The van der Waals surface area contributed by atoms with Gasteiger partial charge in [-0.25, -0.2) is 0 Å². The Morgan fingerprint density at radius 2 is 1.44 bits per heavy atom. The maximum absolute atomic E-state index is 12.3. The van der Waals surface area contributed by atoms with Crippen LogP contribution in [0, 0.1) is 0 Å². The minimum Gasteiger partial charge on any atom is -0.484 e. The molecule has 146 valence electrons. The fraction of sp³-hybridized carbons (Fsp3) is 0.550. The largest absolute Gasteiger partial charge is 0.484 e. The Balaban J connectivity index is 1.39. The molecule has 2 amide bonds. The summed E-state index contributed by atoms with van der Waals surface area (Å²) >= 11 is 0. The number of ketones is 1. The standard InChI is InChI=1S/C20H27N3O4/c1-16(24)17-4-6-18(7-5-17)27-15-20(26)23-12-10-21(11-13-23)14-19(25)22-8-2-3-9-22/h4-7H,2-3,8-15H2,1H3. The van der Waals surface area contributed by atoms with Crippen LogP contribution < -0.4 is 4.74 Å². The first kappa shape index (κ1) is 19.4. The van der Waals surface area contributed by atoms with E-state index in [1.54, 1.807) is 29.2 Å². The summed E-state index contributed by atoms with van der Waals surface area (Å²) in [5.74, 6) is 0.711. The van der Waals surface area contributed by atoms with E-state index in [0.29, 0.717) is 44.0 Å². The zero-order chi connectivity index (χ0) is 19.2. The Hall–Kier alpha value is -2.41. The molecule has 2 heterocycles. The average Bonchev–Trinajstić information content (AvgIpc) is 3.22.